The molecule has 2 aromatic carbocycles. The van der Waals surface area contributed by atoms with Crippen molar-refractivity contribution >= 4 is 11.6 Å². The molecule has 1 amide bonds. The minimum Gasteiger partial charge on any atom is -0.493 e. The van der Waals surface area contributed by atoms with E-state index in [1.54, 1.807) is 43.0 Å². The summed E-state index contributed by atoms with van der Waals surface area (Å²) in [4.78, 5) is 16.6. The summed E-state index contributed by atoms with van der Waals surface area (Å²) >= 11 is 0. The number of halogens is 3. The fourth-order valence-corrected chi connectivity index (χ4v) is 3.45. The van der Waals surface area contributed by atoms with Gasteiger partial charge >= 0.3 is 6.18 Å². The van der Waals surface area contributed by atoms with Crippen LogP contribution in [0.15, 0.2) is 48.5 Å². The highest BCUT2D eigenvalue weighted by molar-refractivity contribution is 5.85. The summed E-state index contributed by atoms with van der Waals surface area (Å²) in [5.74, 6) is 0.825. The van der Waals surface area contributed by atoms with Gasteiger partial charge in [0.05, 0.1) is 12.7 Å². The Morgan fingerprint density at radius 3 is 2.17 bits per heavy atom. The van der Waals surface area contributed by atoms with Gasteiger partial charge in [-0.2, -0.15) is 13.2 Å². The van der Waals surface area contributed by atoms with Crippen LogP contribution in [-0.2, 0) is 11.0 Å². The molecule has 0 radical (unpaired) electrons. The van der Waals surface area contributed by atoms with Gasteiger partial charge in [-0.1, -0.05) is 18.2 Å². The largest absolute Gasteiger partial charge is 0.493 e. The number of methoxy groups -OCH3 is 1. The monoisotopic (exact) mass is 422 g/mol. The summed E-state index contributed by atoms with van der Waals surface area (Å²) in [5, 5.41) is 0. The van der Waals surface area contributed by atoms with Crippen LogP contribution in [0.5, 0.6) is 11.5 Å². The molecule has 162 valence electrons. The predicted molar refractivity (Wildman–Crippen MR) is 108 cm³/mol. The zero-order valence-electron chi connectivity index (χ0n) is 17.2. The molecule has 0 saturated carbocycles. The molecule has 2 aromatic rings. The van der Waals surface area contributed by atoms with E-state index in [-0.39, 0.29) is 5.91 Å². The average Bonchev–Trinajstić information content (AvgIpc) is 2.73. The number of para-hydroxylation sites is 2. The summed E-state index contributed by atoms with van der Waals surface area (Å²) in [7, 11) is 1.53. The maximum absolute atomic E-state index is 13.0. The van der Waals surface area contributed by atoms with Gasteiger partial charge in [0.15, 0.2) is 17.1 Å². The molecule has 0 spiro atoms. The Morgan fingerprint density at radius 1 is 0.933 bits per heavy atom. The Hall–Kier alpha value is -2.90. The number of hydrogen-bond donors (Lipinski definition) is 0. The number of piperazine rings is 1. The number of carbonyl (C=O) groups excluding carboxylic acids is 1. The van der Waals surface area contributed by atoms with Gasteiger partial charge in [0.1, 0.15) is 0 Å². The number of nitrogens with zero attached hydrogens (tertiary/aromatic N) is 2. The molecule has 30 heavy (non-hydrogen) atoms. The quantitative estimate of drug-likeness (QED) is 0.724. The third kappa shape index (κ3) is 4.80. The molecule has 8 heteroatoms. The molecule has 0 aliphatic carbocycles. The molecule has 0 bridgehead atoms. The van der Waals surface area contributed by atoms with Crippen LogP contribution in [0, 0.1) is 0 Å². The Bertz CT molecular complexity index is 891. The van der Waals surface area contributed by atoms with Crippen molar-refractivity contribution in [2.75, 3.05) is 38.2 Å². The van der Waals surface area contributed by atoms with E-state index in [4.69, 9.17) is 9.47 Å². The Kier molecular flexibility index (Phi) is 6.14. The predicted octanol–water partition coefficient (Wildman–Crippen LogP) is 4.22. The molecular weight excluding hydrogens is 397 g/mol. The highest BCUT2D eigenvalue weighted by Gasteiger charge is 2.37. The lowest BCUT2D eigenvalue weighted by molar-refractivity contribution is -0.145. The molecule has 1 aliphatic heterocycles. The minimum absolute atomic E-state index is 0.183. The number of ether oxygens (including phenoxy) is 2. The number of carbonyl (C=O) groups is 1. The summed E-state index contributed by atoms with van der Waals surface area (Å²) in [6.45, 7) is 5.07. The molecule has 0 aromatic heterocycles. The molecule has 0 N–H and O–H groups in total. The smallest absolute Gasteiger partial charge is 0.416 e. The van der Waals surface area contributed by atoms with Gasteiger partial charge in [-0.15, -0.1) is 0 Å². The average molecular weight is 422 g/mol. The van der Waals surface area contributed by atoms with E-state index in [0.717, 1.165) is 12.1 Å². The van der Waals surface area contributed by atoms with Crippen molar-refractivity contribution in [1.29, 1.82) is 0 Å². The SMILES string of the molecule is COc1ccccc1OC(C)(C)C(=O)N1CCN(c2cccc(C(F)(F)F)c2)CC1. The van der Waals surface area contributed by atoms with E-state index in [2.05, 4.69) is 0 Å². The summed E-state index contributed by atoms with van der Waals surface area (Å²) in [6, 6.07) is 12.4. The molecule has 1 heterocycles. The van der Waals surface area contributed by atoms with Gasteiger partial charge < -0.3 is 19.3 Å². The molecular formula is C22H25F3N2O3. The maximum Gasteiger partial charge on any atom is 0.416 e. The van der Waals surface area contributed by atoms with Crippen molar-refractivity contribution < 1.29 is 27.4 Å². The van der Waals surface area contributed by atoms with E-state index >= 15 is 0 Å². The Balaban J connectivity index is 1.65. The number of benzene rings is 2. The van der Waals surface area contributed by atoms with Crippen LogP contribution in [0.4, 0.5) is 18.9 Å². The first-order valence-corrected chi connectivity index (χ1v) is 9.65. The van der Waals surface area contributed by atoms with Gasteiger partial charge in [0.2, 0.25) is 0 Å². The van der Waals surface area contributed by atoms with Crippen LogP contribution in [0.3, 0.4) is 0 Å². The number of alkyl halides is 3. The third-order valence-corrected chi connectivity index (χ3v) is 5.05. The summed E-state index contributed by atoms with van der Waals surface area (Å²) < 4.78 is 50.1. The van der Waals surface area contributed by atoms with Crippen molar-refractivity contribution in [1.82, 2.24) is 4.90 Å². The highest BCUT2D eigenvalue weighted by Crippen LogP contribution is 2.33. The molecule has 5 nitrogen and oxygen atoms in total. The normalized spacial score (nSPS) is 15.1. The maximum atomic E-state index is 13.0. The lowest BCUT2D eigenvalue weighted by atomic mass is 10.1. The van der Waals surface area contributed by atoms with Gasteiger partial charge in [0, 0.05) is 31.9 Å². The fraction of sp³-hybridized carbons (Fsp3) is 0.409. The second-order valence-corrected chi connectivity index (χ2v) is 7.59. The molecule has 1 saturated heterocycles. The van der Waals surface area contributed by atoms with Gasteiger partial charge in [-0.25, -0.2) is 0 Å². The first-order valence-electron chi connectivity index (χ1n) is 9.65. The zero-order chi connectivity index (χ0) is 21.9. The third-order valence-electron chi connectivity index (χ3n) is 5.05. The van der Waals surface area contributed by atoms with E-state index < -0.39 is 17.3 Å². The lowest BCUT2D eigenvalue weighted by Gasteiger charge is -2.39. The molecule has 0 unspecified atom stereocenters. The van der Waals surface area contributed by atoms with Crippen LogP contribution < -0.4 is 14.4 Å². The van der Waals surface area contributed by atoms with Crippen LogP contribution in [0.25, 0.3) is 0 Å². The summed E-state index contributed by atoms with van der Waals surface area (Å²) in [5.41, 5.74) is -1.29. The first kappa shape index (κ1) is 21.8. The second-order valence-electron chi connectivity index (χ2n) is 7.59. The van der Waals surface area contributed by atoms with Crippen LogP contribution in [0.1, 0.15) is 19.4 Å². The topological polar surface area (TPSA) is 42.0 Å². The second kappa shape index (κ2) is 8.45. The van der Waals surface area contributed by atoms with E-state index in [1.807, 2.05) is 11.0 Å². The fourth-order valence-electron chi connectivity index (χ4n) is 3.45. The van der Waals surface area contributed by atoms with Crippen molar-refractivity contribution in [2.45, 2.75) is 25.6 Å². The molecule has 1 fully saturated rings. The number of anilines is 1. The van der Waals surface area contributed by atoms with Crippen LogP contribution in [-0.4, -0.2) is 49.7 Å². The van der Waals surface area contributed by atoms with Crippen LogP contribution in [0.2, 0.25) is 0 Å². The van der Waals surface area contributed by atoms with Crippen molar-refractivity contribution in [2.24, 2.45) is 0 Å². The highest BCUT2D eigenvalue weighted by atomic mass is 19.4. The van der Waals surface area contributed by atoms with Crippen LogP contribution >= 0.6 is 0 Å². The number of hydrogen-bond acceptors (Lipinski definition) is 4. The van der Waals surface area contributed by atoms with Gasteiger partial charge in [-0.05, 0) is 44.2 Å². The van der Waals surface area contributed by atoms with E-state index in [0.29, 0.717) is 43.4 Å². The van der Waals surface area contributed by atoms with E-state index in [1.165, 1.54) is 13.2 Å². The minimum atomic E-state index is -4.38. The van der Waals surface area contributed by atoms with Crippen molar-refractivity contribution in [3.63, 3.8) is 0 Å². The lowest BCUT2D eigenvalue weighted by Crippen LogP contribution is -2.55. The van der Waals surface area contributed by atoms with Gasteiger partial charge in [0.25, 0.3) is 5.91 Å². The van der Waals surface area contributed by atoms with E-state index in [9.17, 15) is 18.0 Å². The number of amides is 1. The Morgan fingerprint density at radius 2 is 1.57 bits per heavy atom. The molecule has 1 aliphatic rings. The van der Waals surface area contributed by atoms with Gasteiger partial charge in [-0.3, -0.25) is 4.79 Å². The zero-order valence-corrected chi connectivity index (χ0v) is 17.2. The number of rotatable bonds is 5. The Labute approximate surface area is 174 Å². The molecule has 0 atom stereocenters. The molecule has 3 rings (SSSR count). The van der Waals surface area contributed by atoms with Crippen molar-refractivity contribution in [3.8, 4) is 11.5 Å². The van der Waals surface area contributed by atoms with Crippen molar-refractivity contribution in [3.05, 3.63) is 54.1 Å². The first-order chi connectivity index (χ1) is 14.1. The standard InChI is InChI=1S/C22H25F3N2O3/c1-21(2,30-19-10-5-4-9-18(19)29-3)20(28)27-13-11-26(12-14-27)17-8-6-7-16(15-17)22(23,24)25/h4-10,15H,11-14H2,1-3H3. The summed E-state index contributed by atoms with van der Waals surface area (Å²) in [6.07, 6.45) is -4.38.